The van der Waals surface area contributed by atoms with Crippen LogP contribution in [0.15, 0.2) is 42.5 Å². The van der Waals surface area contributed by atoms with Crippen molar-refractivity contribution >= 4 is 23.1 Å². The molecule has 2 N–H and O–H groups in total. The Kier molecular flexibility index (Phi) is 4.56. The van der Waals surface area contributed by atoms with Gasteiger partial charge < -0.3 is 10.6 Å². The van der Waals surface area contributed by atoms with E-state index >= 15 is 0 Å². The standard InChI is InChI=1S/C18H15F3N4/c1-10-3-5-12(6-4-10)23-15-9-11(2)22-18(25-15)24-14-8-7-13(19)16(20)17(14)21/h3-9H,1-2H3,(H2,22,23,24,25). The molecule has 0 aliphatic rings. The van der Waals surface area contributed by atoms with Crippen LogP contribution < -0.4 is 10.6 Å². The summed E-state index contributed by atoms with van der Waals surface area (Å²) in [7, 11) is 0. The van der Waals surface area contributed by atoms with Crippen LogP contribution in [0.3, 0.4) is 0 Å². The zero-order valence-corrected chi connectivity index (χ0v) is 13.6. The van der Waals surface area contributed by atoms with Crippen molar-refractivity contribution in [2.75, 3.05) is 10.6 Å². The molecule has 25 heavy (non-hydrogen) atoms. The van der Waals surface area contributed by atoms with Crippen LogP contribution in [-0.4, -0.2) is 9.97 Å². The number of anilines is 4. The molecule has 0 saturated carbocycles. The summed E-state index contributed by atoms with van der Waals surface area (Å²) >= 11 is 0. The van der Waals surface area contributed by atoms with Crippen molar-refractivity contribution in [2.24, 2.45) is 0 Å². The fourth-order valence-corrected chi connectivity index (χ4v) is 2.22. The first-order chi connectivity index (χ1) is 11.9. The topological polar surface area (TPSA) is 49.8 Å². The average Bonchev–Trinajstić information content (AvgIpc) is 2.57. The summed E-state index contributed by atoms with van der Waals surface area (Å²) < 4.78 is 40.1. The molecule has 0 aliphatic carbocycles. The third-order valence-corrected chi connectivity index (χ3v) is 3.46. The van der Waals surface area contributed by atoms with Crippen LogP contribution in [0.1, 0.15) is 11.3 Å². The van der Waals surface area contributed by atoms with Crippen molar-refractivity contribution in [3.8, 4) is 0 Å². The van der Waals surface area contributed by atoms with Crippen molar-refractivity contribution in [1.29, 1.82) is 0 Å². The van der Waals surface area contributed by atoms with Crippen LogP contribution in [0.5, 0.6) is 0 Å². The van der Waals surface area contributed by atoms with Crippen molar-refractivity contribution in [1.82, 2.24) is 9.97 Å². The quantitative estimate of drug-likeness (QED) is 0.654. The minimum atomic E-state index is -1.55. The molecule has 0 atom stereocenters. The number of nitrogens with zero attached hydrogens (tertiary/aromatic N) is 2. The minimum Gasteiger partial charge on any atom is -0.340 e. The minimum absolute atomic E-state index is 0.0690. The van der Waals surface area contributed by atoms with E-state index in [9.17, 15) is 13.2 Å². The summed E-state index contributed by atoms with van der Waals surface area (Å²) in [6, 6.07) is 11.3. The molecule has 4 nitrogen and oxygen atoms in total. The van der Waals surface area contributed by atoms with Gasteiger partial charge in [0.1, 0.15) is 5.82 Å². The number of hydrogen-bond donors (Lipinski definition) is 2. The van der Waals surface area contributed by atoms with Crippen molar-refractivity contribution in [3.63, 3.8) is 0 Å². The van der Waals surface area contributed by atoms with Gasteiger partial charge in [0.2, 0.25) is 5.95 Å². The molecule has 0 amide bonds. The summed E-state index contributed by atoms with van der Waals surface area (Å²) in [5.41, 5.74) is 2.33. The molecule has 1 aromatic heterocycles. The number of rotatable bonds is 4. The van der Waals surface area contributed by atoms with Gasteiger partial charge in [0.15, 0.2) is 17.5 Å². The first-order valence-corrected chi connectivity index (χ1v) is 7.52. The summed E-state index contributed by atoms with van der Waals surface area (Å²) in [4.78, 5) is 8.36. The van der Waals surface area contributed by atoms with Gasteiger partial charge in [-0.3, -0.25) is 0 Å². The van der Waals surface area contributed by atoms with E-state index in [0.717, 1.165) is 23.4 Å². The van der Waals surface area contributed by atoms with Gasteiger partial charge in [-0.2, -0.15) is 4.98 Å². The number of aryl methyl sites for hydroxylation is 2. The van der Waals surface area contributed by atoms with Crippen LogP contribution in [0.4, 0.5) is 36.3 Å². The zero-order valence-electron chi connectivity index (χ0n) is 13.6. The van der Waals surface area contributed by atoms with Gasteiger partial charge in [-0.25, -0.2) is 18.2 Å². The maximum absolute atomic E-state index is 13.8. The molecule has 0 spiro atoms. The molecule has 0 radical (unpaired) electrons. The third-order valence-electron chi connectivity index (χ3n) is 3.46. The van der Waals surface area contributed by atoms with Gasteiger partial charge in [0, 0.05) is 17.4 Å². The molecule has 0 fully saturated rings. The Morgan fingerprint density at radius 2 is 1.52 bits per heavy atom. The Balaban J connectivity index is 1.87. The summed E-state index contributed by atoms with van der Waals surface area (Å²) in [6.07, 6.45) is 0. The second-order valence-electron chi connectivity index (χ2n) is 5.56. The van der Waals surface area contributed by atoms with E-state index < -0.39 is 17.5 Å². The van der Waals surface area contributed by atoms with Crippen LogP contribution >= 0.6 is 0 Å². The fraction of sp³-hybridized carbons (Fsp3) is 0.111. The Morgan fingerprint density at radius 1 is 0.800 bits per heavy atom. The zero-order chi connectivity index (χ0) is 18.0. The third kappa shape index (κ3) is 3.88. The monoisotopic (exact) mass is 344 g/mol. The van der Waals surface area contributed by atoms with E-state index in [-0.39, 0.29) is 11.6 Å². The number of nitrogens with one attached hydrogen (secondary N) is 2. The maximum atomic E-state index is 13.8. The number of halogens is 3. The van der Waals surface area contributed by atoms with Crippen LogP contribution in [0, 0.1) is 31.3 Å². The predicted molar refractivity (Wildman–Crippen MR) is 90.8 cm³/mol. The lowest BCUT2D eigenvalue weighted by atomic mass is 10.2. The number of hydrogen-bond acceptors (Lipinski definition) is 4. The highest BCUT2D eigenvalue weighted by atomic mass is 19.2. The van der Waals surface area contributed by atoms with Crippen molar-refractivity contribution < 1.29 is 13.2 Å². The molecule has 2 aromatic carbocycles. The van der Waals surface area contributed by atoms with E-state index in [1.54, 1.807) is 13.0 Å². The second kappa shape index (κ2) is 6.80. The molecule has 3 rings (SSSR count). The largest absolute Gasteiger partial charge is 0.340 e. The lowest BCUT2D eigenvalue weighted by Gasteiger charge is -2.11. The molecule has 0 aliphatic heterocycles. The fourth-order valence-electron chi connectivity index (χ4n) is 2.22. The highest BCUT2D eigenvalue weighted by Crippen LogP contribution is 2.23. The van der Waals surface area contributed by atoms with Gasteiger partial charge in [0.25, 0.3) is 0 Å². The number of benzene rings is 2. The maximum Gasteiger partial charge on any atom is 0.229 e. The molecule has 0 saturated heterocycles. The predicted octanol–water partition coefficient (Wildman–Crippen LogP) is 5.00. The molecular weight excluding hydrogens is 329 g/mol. The Morgan fingerprint density at radius 3 is 2.24 bits per heavy atom. The first-order valence-electron chi connectivity index (χ1n) is 7.52. The number of aromatic nitrogens is 2. The van der Waals surface area contributed by atoms with Gasteiger partial charge >= 0.3 is 0 Å². The van der Waals surface area contributed by atoms with Crippen molar-refractivity contribution in [2.45, 2.75) is 13.8 Å². The highest BCUT2D eigenvalue weighted by Gasteiger charge is 2.14. The Hall–Kier alpha value is -3.09. The molecule has 3 aromatic rings. The van der Waals surface area contributed by atoms with Crippen LogP contribution in [0.25, 0.3) is 0 Å². The smallest absolute Gasteiger partial charge is 0.229 e. The van der Waals surface area contributed by atoms with E-state index in [2.05, 4.69) is 20.6 Å². The normalized spacial score (nSPS) is 10.6. The summed E-state index contributed by atoms with van der Waals surface area (Å²) in [6.45, 7) is 3.73. The molecule has 0 bridgehead atoms. The second-order valence-corrected chi connectivity index (χ2v) is 5.56. The lowest BCUT2D eigenvalue weighted by Crippen LogP contribution is -2.05. The van der Waals surface area contributed by atoms with Crippen LogP contribution in [-0.2, 0) is 0 Å². The molecular formula is C18H15F3N4. The van der Waals surface area contributed by atoms with Gasteiger partial charge in [-0.05, 0) is 38.1 Å². The Labute approximate surface area is 142 Å². The van der Waals surface area contributed by atoms with Gasteiger partial charge in [-0.15, -0.1) is 0 Å². The van der Waals surface area contributed by atoms with Gasteiger partial charge in [0.05, 0.1) is 5.69 Å². The van der Waals surface area contributed by atoms with Gasteiger partial charge in [-0.1, -0.05) is 17.7 Å². The summed E-state index contributed by atoms with van der Waals surface area (Å²) in [5, 5.41) is 5.69. The average molecular weight is 344 g/mol. The van der Waals surface area contributed by atoms with Crippen molar-refractivity contribution in [3.05, 3.63) is 71.2 Å². The molecule has 1 heterocycles. The summed E-state index contributed by atoms with van der Waals surface area (Å²) in [5.74, 6) is -3.56. The molecule has 128 valence electrons. The van der Waals surface area contributed by atoms with E-state index in [1.807, 2.05) is 31.2 Å². The van der Waals surface area contributed by atoms with Crippen LogP contribution in [0.2, 0.25) is 0 Å². The van der Waals surface area contributed by atoms with E-state index in [0.29, 0.717) is 11.5 Å². The first kappa shape index (κ1) is 16.8. The molecule has 0 unspecified atom stereocenters. The SMILES string of the molecule is Cc1ccc(Nc2cc(C)nc(Nc3ccc(F)c(F)c3F)n2)cc1. The highest BCUT2D eigenvalue weighted by molar-refractivity contribution is 5.60. The lowest BCUT2D eigenvalue weighted by molar-refractivity contribution is 0.449. The molecule has 7 heteroatoms. The van der Waals surface area contributed by atoms with E-state index in [4.69, 9.17) is 0 Å². The Bertz CT molecular complexity index is 911. The van der Waals surface area contributed by atoms with E-state index in [1.165, 1.54) is 0 Å².